The highest BCUT2D eigenvalue weighted by molar-refractivity contribution is 5.96. The molecular formula is C22H21NO3. The van der Waals surface area contributed by atoms with Gasteiger partial charge in [-0.15, -0.1) is 0 Å². The molecule has 0 saturated heterocycles. The van der Waals surface area contributed by atoms with Crippen LogP contribution in [0.1, 0.15) is 41.6 Å². The van der Waals surface area contributed by atoms with Crippen molar-refractivity contribution >= 4 is 16.9 Å². The number of benzene rings is 2. The lowest BCUT2D eigenvalue weighted by molar-refractivity contribution is 0.0660. The molecule has 1 aliphatic carbocycles. The van der Waals surface area contributed by atoms with Crippen molar-refractivity contribution in [1.29, 1.82) is 0 Å². The van der Waals surface area contributed by atoms with Crippen molar-refractivity contribution in [3.05, 3.63) is 82.2 Å². The van der Waals surface area contributed by atoms with E-state index >= 15 is 0 Å². The Labute approximate surface area is 152 Å². The molecule has 3 aromatic rings. The zero-order valence-corrected chi connectivity index (χ0v) is 14.6. The second kappa shape index (κ2) is 7.16. The molecule has 1 saturated carbocycles. The molecule has 1 aliphatic rings. The molecule has 1 fully saturated rings. The van der Waals surface area contributed by atoms with E-state index in [0.29, 0.717) is 12.1 Å². The van der Waals surface area contributed by atoms with E-state index < -0.39 is 5.63 Å². The van der Waals surface area contributed by atoms with Crippen molar-refractivity contribution in [2.75, 3.05) is 0 Å². The fourth-order valence-corrected chi connectivity index (χ4v) is 3.73. The third-order valence-corrected chi connectivity index (χ3v) is 5.09. The molecule has 1 aromatic heterocycles. The smallest absolute Gasteiger partial charge is 0.349 e. The molecule has 132 valence electrons. The molecule has 0 bridgehead atoms. The molecule has 0 atom stereocenters. The van der Waals surface area contributed by atoms with Gasteiger partial charge in [-0.3, -0.25) is 4.79 Å². The average Bonchev–Trinajstić information content (AvgIpc) is 3.20. The molecule has 2 aromatic carbocycles. The maximum atomic E-state index is 13.3. The van der Waals surface area contributed by atoms with Gasteiger partial charge in [-0.1, -0.05) is 61.4 Å². The lowest BCUT2D eigenvalue weighted by atomic mass is 10.1. The minimum atomic E-state index is -0.565. The van der Waals surface area contributed by atoms with Gasteiger partial charge in [-0.2, -0.15) is 0 Å². The third kappa shape index (κ3) is 3.27. The SMILES string of the molecule is O=C(c1cc2ccccc2oc1=O)N(Cc1ccccc1)C1CCCC1. The minimum Gasteiger partial charge on any atom is -0.422 e. The predicted octanol–water partition coefficient (Wildman–Crippen LogP) is 4.38. The van der Waals surface area contributed by atoms with E-state index in [2.05, 4.69) is 0 Å². The van der Waals surface area contributed by atoms with Gasteiger partial charge in [-0.25, -0.2) is 4.79 Å². The first kappa shape index (κ1) is 16.6. The van der Waals surface area contributed by atoms with E-state index in [9.17, 15) is 9.59 Å². The van der Waals surface area contributed by atoms with E-state index in [4.69, 9.17) is 4.42 Å². The molecule has 0 unspecified atom stereocenters. The van der Waals surface area contributed by atoms with Crippen molar-refractivity contribution in [1.82, 2.24) is 4.90 Å². The summed E-state index contributed by atoms with van der Waals surface area (Å²) in [5, 5.41) is 0.765. The minimum absolute atomic E-state index is 0.117. The Bertz CT molecular complexity index is 971. The topological polar surface area (TPSA) is 50.5 Å². The Morgan fingerprint density at radius 3 is 2.46 bits per heavy atom. The van der Waals surface area contributed by atoms with Crippen LogP contribution < -0.4 is 5.63 Å². The number of rotatable bonds is 4. The summed E-state index contributed by atoms with van der Waals surface area (Å²) in [6, 6.07) is 19.0. The number of nitrogens with zero attached hydrogens (tertiary/aromatic N) is 1. The Morgan fingerprint density at radius 2 is 1.69 bits per heavy atom. The van der Waals surface area contributed by atoms with Crippen molar-refractivity contribution in [2.45, 2.75) is 38.3 Å². The fraction of sp³-hybridized carbons (Fsp3) is 0.273. The second-order valence-electron chi connectivity index (χ2n) is 6.84. The van der Waals surface area contributed by atoms with E-state index in [-0.39, 0.29) is 17.5 Å². The lowest BCUT2D eigenvalue weighted by Gasteiger charge is -2.29. The summed E-state index contributed by atoms with van der Waals surface area (Å²) in [6.45, 7) is 0.511. The molecule has 26 heavy (non-hydrogen) atoms. The van der Waals surface area contributed by atoms with Crippen LogP contribution in [0.2, 0.25) is 0 Å². The molecule has 1 heterocycles. The maximum Gasteiger partial charge on any atom is 0.349 e. The summed E-state index contributed by atoms with van der Waals surface area (Å²) in [5.41, 5.74) is 1.12. The number of carbonyl (C=O) groups excluding carboxylic acids is 1. The van der Waals surface area contributed by atoms with Crippen molar-refractivity contribution < 1.29 is 9.21 Å². The van der Waals surface area contributed by atoms with E-state index in [1.807, 2.05) is 53.4 Å². The van der Waals surface area contributed by atoms with Crippen LogP contribution in [-0.2, 0) is 6.54 Å². The lowest BCUT2D eigenvalue weighted by Crippen LogP contribution is -2.40. The molecule has 0 spiro atoms. The highest BCUT2D eigenvalue weighted by atomic mass is 16.4. The molecule has 4 heteroatoms. The van der Waals surface area contributed by atoms with Gasteiger partial charge >= 0.3 is 5.63 Å². The number of amides is 1. The monoisotopic (exact) mass is 347 g/mol. The van der Waals surface area contributed by atoms with Gasteiger partial charge in [0.25, 0.3) is 5.91 Å². The summed E-state index contributed by atoms with van der Waals surface area (Å²) >= 11 is 0. The first-order valence-electron chi connectivity index (χ1n) is 9.10. The van der Waals surface area contributed by atoms with Crippen molar-refractivity contribution in [3.63, 3.8) is 0 Å². The van der Waals surface area contributed by atoms with Crippen molar-refractivity contribution in [2.24, 2.45) is 0 Å². The standard InChI is InChI=1S/C22H21NO3/c24-21(19-14-17-10-4-7-13-20(17)26-22(19)25)23(18-11-5-6-12-18)15-16-8-2-1-3-9-16/h1-4,7-10,13-14,18H,5-6,11-12,15H2. The van der Waals surface area contributed by atoms with Gasteiger partial charge in [-0.05, 0) is 30.5 Å². The van der Waals surface area contributed by atoms with Crippen LogP contribution >= 0.6 is 0 Å². The zero-order valence-electron chi connectivity index (χ0n) is 14.6. The molecule has 0 aliphatic heterocycles. The number of hydrogen-bond acceptors (Lipinski definition) is 3. The zero-order chi connectivity index (χ0) is 17.9. The normalized spacial score (nSPS) is 14.6. The van der Waals surface area contributed by atoms with Gasteiger partial charge in [0.05, 0.1) is 0 Å². The largest absolute Gasteiger partial charge is 0.422 e. The van der Waals surface area contributed by atoms with Gasteiger partial charge in [0.1, 0.15) is 11.1 Å². The Kier molecular flexibility index (Phi) is 4.57. The summed E-state index contributed by atoms with van der Waals surface area (Å²) in [7, 11) is 0. The van der Waals surface area contributed by atoms with Gasteiger partial charge < -0.3 is 9.32 Å². The second-order valence-corrected chi connectivity index (χ2v) is 6.84. The molecule has 4 nitrogen and oxygen atoms in total. The Morgan fingerprint density at radius 1 is 1.00 bits per heavy atom. The average molecular weight is 347 g/mol. The molecule has 4 rings (SSSR count). The number of carbonyl (C=O) groups is 1. The van der Waals surface area contributed by atoms with Crippen molar-refractivity contribution in [3.8, 4) is 0 Å². The number of para-hydroxylation sites is 1. The Hall–Kier alpha value is -2.88. The quantitative estimate of drug-likeness (QED) is 0.658. The van der Waals surface area contributed by atoms with Gasteiger partial charge in [0.2, 0.25) is 0 Å². The van der Waals surface area contributed by atoms with Crippen LogP contribution in [0.25, 0.3) is 11.0 Å². The van der Waals surface area contributed by atoms with E-state index in [1.54, 1.807) is 12.1 Å². The first-order chi connectivity index (χ1) is 12.7. The van der Waals surface area contributed by atoms with Crippen LogP contribution in [0.4, 0.5) is 0 Å². The summed E-state index contributed by atoms with van der Waals surface area (Å²) in [5.74, 6) is -0.236. The van der Waals surface area contributed by atoms with Crippen LogP contribution in [0.15, 0.2) is 69.9 Å². The van der Waals surface area contributed by atoms with E-state index in [0.717, 1.165) is 36.6 Å². The van der Waals surface area contributed by atoms with Crippen LogP contribution in [0, 0.1) is 0 Å². The molecule has 1 amide bonds. The molecule has 0 N–H and O–H groups in total. The van der Waals surface area contributed by atoms with Crippen LogP contribution in [0.3, 0.4) is 0 Å². The highest BCUT2D eigenvalue weighted by Crippen LogP contribution is 2.26. The Balaban J connectivity index is 1.72. The fourth-order valence-electron chi connectivity index (χ4n) is 3.73. The van der Waals surface area contributed by atoms with E-state index in [1.165, 1.54) is 0 Å². The summed E-state index contributed by atoms with van der Waals surface area (Å²) in [4.78, 5) is 27.5. The summed E-state index contributed by atoms with van der Waals surface area (Å²) in [6.07, 6.45) is 4.21. The molecule has 0 radical (unpaired) electrons. The third-order valence-electron chi connectivity index (χ3n) is 5.09. The van der Waals surface area contributed by atoms with Crippen LogP contribution in [0.5, 0.6) is 0 Å². The summed E-state index contributed by atoms with van der Waals surface area (Å²) < 4.78 is 5.37. The van der Waals surface area contributed by atoms with Gasteiger partial charge in [0.15, 0.2) is 0 Å². The number of hydrogen-bond donors (Lipinski definition) is 0. The highest BCUT2D eigenvalue weighted by Gasteiger charge is 2.29. The van der Waals surface area contributed by atoms with Crippen LogP contribution in [-0.4, -0.2) is 16.8 Å². The predicted molar refractivity (Wildman–Crippen MR) is 101 cm³/mol. The number of fused-ring (bicyclic) bond motifs is 1. The van der Waals surface area contributed by atoms with Gasteiger partial charge in [0, 0.05) is 18.0 Å². The first-order valence-corrected chi connectivity index (χ1v) is 9.10. The maximum absolute atomic E-state index is 13.3. The molecular weight excluding hydrogens is 326 g/mol.